The first-order valence-electron chi connectivity index (χ1n) is 7.54. The van der Waals surface area contributed by atoms with Gasteiger partial charge in [-0.3, -0.25) is 0 Å². The Hall–Kier alpha value is -2.03. The van der Waals surface area contributed by atoms with Crippen LogP contribution in [0.2, 0.25) is 0 Å². The van der Waals surface area contributed by atoms with Gasteiger partial charge in [0.05, 0.1) is 11.4 Å². The highest BCUT2D eigenvalue weighted by Gasteiger charge is 2.21. The lowest BCUT2D eigenvalue weighted by Crippen LogP contribution is -2.12. The van der Waals surface area contributed by atoms with Crippen molar-refractivity contribution >= 4 is 10.9 Å². The number of aromatic amines is 1. The van der Waals surface area contributed by atoms with E-state index in [1.54, 1.807) is 0 Å². The highest BCUT2D eigenvalue weighted by Crippen LogP contribution is 2.28. The number of benzene rings is 1. The van der Waals surface area contributed by atoms with Crippen molar-refractivity contribution in [3.63, 3.8) is 0 Å². The van der Waals surface area contributed by atoms with E-state index in [4.69, 9.17) is 5.10 Å². The summed E-state index contributed by atoms with van der Waals surface area (Å²) in [5, 5.41) is 6.09. The molecule has 3 heteroatoms. The topological polar surface area (TPSA) is 33.6 Å². The maximum atomic E-state index is 4.87. The smallest absolute Gasteiger partial charge is 0.0685 e. The summed E-state index contributed by atoms with van der Waals surface area (Å²) in [7, 11) is 0. The molecule has 3 rings (SSSR count). The molecular weight excluding hydrogens is 258 g/mol. The Kier molecular flexibility index (Phi) is 3.16. The average molecular weight is 281 g/mol. The zero-order chi connectivity index (χ0) is 15.2. The fraction of sp³-hybridized carbons (Fsp3) is 0.389. The van der Waals surface area contributed by atoms with Crippen LogP contribution in [0.25, 0.3) is 16.6 Å². The lowest BCUT2D eigenvalue weighted by molar-refractivity contribution is 0.559. The van der Waals surface area contributed by atoms with Crippen LogP contribution in [0.1, 0.15) is 51.9 Å². The molecule has 0 aliphatic rings. The summed E-state index contributed by atoms with van der Waals surface area (Å²) < 4.78 is 2.09. The van der Waals surface area contributed by atoms with Crippen LogP contribution in [0, 0.1) is 0 Å². The maximum Gasteiger partial charge on any atom is 0.0685 e. The minimum atomic E-state index is 0.0626. The molecule has 21 heavy (non-hydrogen) atoms. The quantitative estimate of drug-likeness (QED) is 0.721. The van der Waals surface area contributed by atoms with Crippen LogP contribution in [0.4, 0.5) is 0 Å². The largest absolute Gasteiger partial charge is 0.361 e. The number of aromatic nitrogens is 3. The Labute approximate surface area is 126 Å². The summed E-state index contributed by atoms with van der Waals surface area (Å²) in [4.78, 5) is 3.24. The summed E-state index contributed by atoms with van der Waals surface area (Å²) in [5.41, 5.74) is 4.75. The van der Waals surface area contributed by atoms with Crippen LogP contribution in [0.5, 0.6) is 0 Å². The Balaban J connectivity index is 2.17. The number of nitrogens with zero attached hydrogens (tertiary/aromatic N) is 2. The molecule has 0 fully saturated rings. The fourth-order valence-corrected chi connectivity index (χ4v) is 2.55. The van der Waals surface area contributed by atoms with E-state index in [0.29, 0.717) is 5.92 Å². The van der Waals surface area contributed by atoms with Crippen molar-refractivity contribution in [1.82, 2.24) is 14.8 Å². The van der Waals surface area contributed by atoms with Gasteiger partial charge in [-0.15, -0.1) is 0 Å². The van der Waals surface area contributed by atoms with Crippen molar-refractivity contribution in [2.75, 3.05) is 0 Å². The van der Waals surface area contributed by atoms with Crippen LogP contribution in [0.15, 0.2) is 36.5 Å². The monoisotopic (exact) mass is 281 g/mol. The maximum absolute atomic E-state index is 4.87. The van der Waals surface area contributed by atoms with Gasteiger partial charge < -0.3 is 4.98 Å². The van der Waals surface area contributed by atoms with Gasteiger partial charge in [0, 0.05) is 28.2 Å². The molecule has 1 N–H and O–H groups in total. The fourth-order valence-electron chi connectivity index (χ4n) is 2.55. The molecule has 0 aliphatic carbocycles. The molecule has 110 valence electrons. The molecule has 1 aromatic carbocycles. The van der Waals surface area contributed by atoms with E-state index in [1.165, 1.54) is 11.1 Å². The van der Waals surface area contributed by atoms with Gasteiger partial charge in [-0.2, -0.15) is 5.10 Å². The Bertz CT molecular complexity index is 769. The van der Waals surface area contributed by atoms with Gasteiger partial charge in [0.15, 0.2) is 0 Å². The normalized spacial score (nSPS) is 12.5. The molecule has 0 bridgehead atoms. The number of fused-ring (bicyclic) bond motifs is 1. The van der Waals surface area contributed by atoms with Crippen LogP contribution < -0.4 is 0 Å². The zero-order valence-electron chi connectivity index (χ0n) is 13.4. The predicted octanol–water partition coefficient (Wildman–Crippen LogP) is 4.77. The summed E-state index contributed by atoms with van der Waals surface area (Å²) in [5.74, 6) is 0.440. The van der Waals surface area contributed by atoms with Crippen molar-refractivity contribution in [3.05, 3.63) is 47.9 Å². The average Bonchev–Trinajstić information content (AvgIpc) is 3.03. The molecule has 0 aliphatic heterocycles. The zero-order valence-corrected chi connectivity index (χ0v) is 13.4. The minimum Gasteiger partial charge on any atom is -0.361 e. The highest BCUT2D eigenvalue weighted by atomic mass is 15.3. The molecular formula is C18H23N3. The van der Waals surface area contributed by atoms with E-state index >= 15 is 0 Å². The first kappa shape index (κ1) is 13.9. The third-order valence-electron chi connectivity index (χ3n) is 3.88. The third kappa shape index (κ3) is 2.48. The second-order valence-corrected chi connectivity index (χ2v) is 7.02. The number of hydrogen-bond donors (Lipinski definition) is 1. The first-order valence-corrected chi connectivity index (χ1v) is 7.54. The summed E-state index contributed by atoms with van der Waals surface area (Å²) >= 11 is 0. The summed E-state index contributed by atoms with van der Waals surface area (Å²) in [6.07, 6.45) is 1.97. The number of hydrogen-bond acceptors (Lipinski definition) is 1. The van der Waals surface area contributed by atoms with Crippen molar-refractivity contribution in [2.45, 2.75) is 46.0 Å². The van der Waals surface area contributed by atoms with Crippen LogP contribution in [-0.2, 0) is 5.41 Å². The standard InChI is InChI=1S/C18H23N3/c1-12(2)16-11-17(18(3,4)5)20-21(16)14-6-7-15-13(10-14)8-9-19-15/h6-12,19H,1-5H3. The van der Waals surface area contributed by atoms with Crippen LogP contribution >= 0.6 is 0 Å². The number of nitrogens with one attached hydrogen (secondary N) is 1. The van der Waals surface area contributed by atoms with E-state index in [0.717, 1.165) is 16.9 Å². The van der Waals surface area contributed by atoms with Crippen molar-refractivity contribution in [1.29, 1.82) is 0 Å². The predicted molar refractivity (Wildman–Crippen MR) is 88.2 cm³/mol. The molecule has 3 aromatic rings. The Morgan fingerprint density at radius 1 is 1.10 bits per heavy atom. The molecule has 0 amide bonds. The van der Waals surface area contributed by atoms with Crippen molar-refractivity contribution < 1.29 is 0 Å². The second-order valence-electron chi connectivity index (χ2n) is 7.02. The van der Waals surface area contributed by atoms with E-state index in [9.17, 15) is 0 Å². The third-order valence-corrected chi connectivity index (χ3v) is 3.88. The molecule has 0 unspecified atom stereocenters. The molecule has 0 radical (unpaired) electrons. The molecule has 2 heterocycles. The van der Waals surface area contributed by atoms with Gasteiger partial charge in [0.25, 0.3) is 0 Å². The number of H-pyrrole nitrogens is 1. The summed E-state index contributed by atoms with van der Waals surface area (Å²) in [6.45, 7) is 11.1. The van der Waals surface area contributed by atoms with Gasteiger partial charge in [-0.05, 0) is 36.2 Å². The lowest BCUT2D eigenvalue weighted by atomic mass is 9.91. The van der Waals surface area contributed by atoms with Gasteiger partial charge in [0.2, 0.25) is 0 Å². The Morgan fingerprint density at radius 2 is 1.86 bits per heavy atom. The van der Waals surface area contributed by atoms with Crippen molar-refractivity contribution in [3.8, 4) is 5.69 Å². The second kappa shape index (κ2) is 4.76. The number of rotatable bonds is 2. The van der Waals surface area contributed by atoms with Gasteiger partial charge in [-0.1, -0.05) is 34.6 Å². The molecule has 0 atom stereocenters. The molecule has 0 saturated heterocycles. The SMILES string of the molecule is CC(C)c1cc(C(C)(C)C)nn1-c1ccc2[nH]ccc2c1. The Morgan fingerprint density at radius 3 is 2.52 bits per heavy atom. The molecule has 2 aromatic heterocycles. The van der Waals surface area contributed by atoms with Gasteiger partial charge in [0.1, 0.15) is 0 Å². The van der Waals surface area contributed by atoms with E-state index in [-0.39, 0.29) is 5.41 Å². The van der Waals surface area contributed by atoms with Crippen LogP contribution in [-0.4, -0.2) is 14.8 Å². The van der Waals surface area contributed by atoms with Crippen LogP contribution in [0.3, 0.4) is 0 Å². The van der Waals surface area contributed by atoms with E-state index in [2.05, 4.69) is 74.6 Å². The van der Waals surface area contributed by atoms with Gasteiger partial charge in [-0.25, -0.2) is 4.68 Å². The first-order chi connectivity index (χ1) is 9.86. The molecule has 0 saturated carbocycles. The summed E-state index contributed by atoms with van der Waals surface area (Å²) in [6, 6.07) is 10.8. The van der Waals surface area contributed by atoms with E-state index < -0.39 is 0 Å². The minimum absolute atomic E-state index is 0.0626. The molecule has 3 nitrogen and oxygen atoms in total. The molecule has 0 spiro atoms. The van der Waals surface area contributed by atoms with E-state index in [1.807, 2.05) is 6.20 Å². The lowest BCUT2D eigenvalue weighted by Gasteiger charge is -2.14. The van der Waals surface area contributed by atoms with Gasteiger partial charge >= 0.3 is 0 Å². The van der Waals surface area contributed by atoms with Crippen molar-refractivity contribution in [2.24, 2.45) is 0 Å². The highest BCUT2D eigenvalue weighted by molar-refractivity contribution is 5.81.